The van der Waals surface area contributed by atoms with Gasteiger partial charge in [-0.1, -0.05) is 138 Å². The van der Waals surface area contributed by atoms with Gasteiger partial charge >= 0.3 is 21.1 Å². The number of anilines is 5. The van der Waals surface area contributed by atoms with Crippen LogP contribution in [-0.2, 0) is 21.1 Å². The number of nitrogens with zero attached hydrogens (tertiary/aromatic N) is 5. The quantitative estimate of drug-likeness (QED) is 0.117. The Morgan fingerprint density at radius 2 is 1.31 bits per heavy atom. The van der Waals surface area contributed by atoms with Gasteiger partial charge in [0.05, 0.1) is 12.3 Å². The van der Waals surface area contributed by atoms with Crippen molar-refractivity contribution in [3.8, 4) is 22.6 Å². The number of hydrogen-bond donors (Lipinski definition) is 2. The summed E-state index contributed by atoms with van der Waals surface area (Å²) in [5.74, 6) is 3.99. The topological polar surface area (TPSA) is 62.0 Å². The molecule has 0 saturated heterocycles. The second-order valence-electron chi connectivity index (χ2n) is 16.4. The van der Waals surface area contributed by atoms with Crippen molar-refractivity contribution in [2.45, 2.75) is 6.29 Å². The van der Waals surface area contributed by atoms with Crippen molar-refractivity contribution in [3.63, 3.8) is 0 Å². The Morgan fingerprint density at radius 3 is 2.04 bits per heavy atom. The van der Waals surface area contributed by atoms with E-state index in [1.54, 1.807) is 42.5 Å². The molecule has 8 aromatic rings. The third-order valence-corrected chi connectivity index (χ3v) is 12.1. The summed E-state index contributed by atoms with van der Waals surface area (Å²) in [4.78, 5) is 5.10. The first-order valence-corrected chi connectivity index (χ1v) is 22.7. The largest absolute Gasteiger partial charge is 4.00 e. The Kier molecular flexibility index (Phi) is 9.73. The molecule has 1 unspecified atom stereocenters. The zero-order valence-corrected chi connectivity index (χ0v) is 40.3. The first-order chi connectivity index (χ1) is 40.1. The molecule has 12 rings (SSSR count). The summed E-state index contributed by atoms with van der Waals surface area (Å²) in [6.45, 7) is -0.861. The summed E-state index contributed by atoms with van der Waals surface area (Å²) < 4.78 is 114. The van der Waals surface area contributed by atoms with Crippen molar-refractivity contribution < 1.29 is 42.3 Å². The molecule has 1 atom stereocenters. The molecule has 0 spiro atoms. The zero-order chi connectivity index (χ0) is 57.8. The van der Waals surface area contributed by atoms with Crippen LogP contribution in [0.1, 0.15) is 33.9 Å². The van der Waals surface area contributed by atoms with E-state index in [1.807, 2.05) is 142 Å². The summed E-state index contributed by atoms with van der Waals surface area (Å²) in [6, 6.07) is 29.4. The van der Waals surface area contributed by atoms with Crippen molar-refractivity contribution in [3.05, 3.63) is 266 Å². The molecule has 2 N–H and O–H groups in total. The van der Waals surface area contributed by atoms with Crippen LogP contribution in [0.15, 0.2) is 231 Å². The van der Waals surface area contributed by atoms with Crippen molar-refractivity contribution in [1.82, 2.24) is 15.2 Å². The maximum atomic E-state index is 9.21. The van der Waals surface area contributed by atoms with Gasteiger partial charge in [-0.15, -0.1) is 71.3 Å². The van der Waals surface area contributed by atoms with E-state index >= 15 is 0 Å². The molecule has 0 fully saturated rings. The summed E-state index contributed by atoms with van der Waals surface area (Å²) in [5.41, 5.74) is 7.04. The molecule has 7 aromatic carbocycles. The fraction of sp³-hybridized carbons (Fsp3) is 0.0328. The molecule has 1 aromatic heterocycles. The molecular formula is C61H45B2N7OPt. The average Bonchev–Trinajstić information content (AvgIpc) is 1.74. The first-order valence-electron chi connectivity index (χ1n) is 28.7. The minimum absolute atomic E-state index is 0. The molecule has 0 amide bonds. The van der Waals surface area contributed by atoms with E-state index in [-0.39, 0.29) is 66.2 Å². The van der Waals surface area contributed by atoms with Crippen LogP contribution in [0.2, 0.25) is 0 Å². The molecular weight excluding hydrogens is 1060 g/mol. The molecule has 346 valence electrons. The second-order valence-corrected chi connectivity index (χ2v) is 16.4. The predicted octanol–water partition coefficient (Wildman–Crippen LogP) is 14.3. The Labute approximate surface area is 453 Å². The van der Waals surface area contributed by atoms with Crippen LogP contribution in [0.4, 0.5) is 34.1 Å². The summed E-state index contributed by atoms with van der Waals surface area (Å²) >= 11 is 0. The number of allylic oxidation sites excluding steroid dienone is 8. The Balaban J connectivity index is 0.00000736. The molecule has 0 bridgehead atoms. The minimum Gasteiger partial charge on any atom is -0.646 e. The number of rotatable bonds is 8. The molecule has 4 aliphatic rings. The maximum absolute atomic E-state index is 9.21. The third kappa shape index (κ3) is 8.91. The normalized spacial score (nSPS) is 22.5. The molecule has 0 saturated carbocycles. The fourth-order valence-corrected chi connectivity index (χ4v) is 8.98. The first kappa shape index (κ1) is 34.1. The number of nitrogens with one attached hydrogen (secondary N) is 2. The van der Waals surface area contributed by atoms with Gasteiger partial charge in [0.15, 0.2) is 14.6 Å². The second kappa shape index (κ2) is 20.6. The van der Waals surface area contributed by atoms with E-state index in [4.69, 9.17) is 25.1 Å². The van der Waals surface area contributed by atoms with E-state index in [0.717, 1.165) is 38.3 Å². The minimum atomic E-state index is -2.77. The molecule has 4 aliphatic heterocycles. The molecule has 8 nitrogen and oxygen atoms in total. The summed E-state index contributed by atoms with van der Waals surface area (Å²) in [5, 5.41) is 11.6. The Morgan fingerprint density at radius 1 is 0.639 bits per heavy atom. The Hall–Kier alpha value is -8.32. The van der Waals surface area contributed by atoms with E-state index in [1.165, 1.54) is 10.6 Å². The summed E-state index contributed by atoms with van der Waals surface area (Å²) in [7, 11) is 4.08. The monoisotopic (exact) mass is 1120 g/mol. The third-order valence-electron chi connectivity index (χ3n) is 12.1. The van der Waals surface area contributed by atoms with Gasteiger partial charge in [0.2, 0.25) is 0 Å². The average molecular weight is 1120 g/mol. The Bertz CT molecular complexity index is 4150. The molecule has 0 aliphatic carbocycles. The van der Waals surface area contributed by atoms with Crippen LogP contribution >= 0.6 is 0 Å². The molecule has 72 heavy (non-hydrogen) atoms. The van der Waals surface area contributed by atoms with Crippen molar-refractivity contribution in [2.75, 3.05) is 21.7 Å². The van der Waals surface area contributed by atoms with Crippen LogP contribution < -0.4 is 30.1 Å². The van der Waals surface area contributed by atoms with Crippen LogP contribution in [0, 0.1) is 18.8 Å². The number of fused-ring (bicyclic) bond motifs is 5. The number of ether oxygens (including phenoxy) is 1. The maximum Gasteiger partial charge on any atom is 4.00 e. The van der Waals surface area contributed by atoms with Gasteiger partial charge in [-0.3, -0.25) is 0 Å². The number of aromatic nitrogens is 1. The van der Waals surface area contributed by atoms with Crippen LogP contribution in [0.3, 0.4) is 0 Å². The van der Waals surface area contributed by atoms with Crippen molar-refractivity contribution in [1.29, 1.82) is 0 Å². The van der Waals surface area contributed by atoms with E-state index in [9.17, 15) is 1.37 Å². The van der Waals surface area contributed by atoms with Gasteiger partial charge < -0.3 is 40.0 Å². The van der Waals surface area contributed by atoms with Gasteiger partial charge in [0, 0.05) is 81.9 Å². The smallest absolute Gasteiger partial charge is 0.646 e. The number of benzene rings is 7. The number of para-hydroxylation sites is 6. The van der Waals surface area contributed by atoms with Crippen molar-refractivity contribution in [2.24, 2.45) is 0 Å². The zero-order valence-electron chi connectivity index (χ0n) is 50.0. The fourth-order valence-electron chi connectivity index (χ4n) is 8.98. The summed E-state index contributed by atoms with van der Waals surface area (Å²) in [6.07, 6.45) is 21.6. The standard InChI is InChI=1S/C61H45B2N7O.Pt/c1-67-56-27-8-6-25-54(56)66-61(67)70-55-26-7-5-20-48(55)49-31-30-46(41-59(49)70)71-47-39-44(43-18-3-2-4-19-43)38-45(40-47)68-42-69(58-29-10-9-28-57(58)68)60-50(52-23-16-36-64-34-13-11-32-62-52)21-15-22-51(60)53-24-17-37-65-35-14-12-33-63-53;/h2-39,42,61,64-65H,1H3;/q-4;+4/b32-11-,33-12-,34-13-,35-14-,36-16-,37-17-,52-23-,53-24-;/i1D3,2D,3D,4D,5D,7D,18D,19D,20D,26D;. The SMILES string of the molecule is [2H]c1c([2H])c([2H])c(-c2cc(Oc3[c-]c4c(cc3)c3c([2H])c([2H])c([2H])c([2H])c3n4C3[N-]c4ccccc4N3C([2H])([2H])[2H])[c-]c(N3[CH-]N(c4c(/C5=C/C=C\N/C=C\C=C/[B]5)cccc4/C4=C/C=C\N/C=C\C=C/[B]4)c4ccccc43)c2)c([2H])c1[2H].[Pt+4]. The predicted molar refractivity (Wildman–Crippen MR) is 296 cm³/mol. The van der Waals surface area contributed by atoms with Crippen LogP contribution in [0.5, 0.6) is 11.5 Å². The van der Waals surface area contributed by atoms with Gasteiger partial charge in [0.25, 0.3) is 0 Å². The molecule has 2 radical (unpaired) electrons. The van der Waals surface area contributed by atoms with Gasteiger partial charge in [0.1, 0.15) is 0 Å². The van der Waals surface area contributed by atoms with E-state index in [2.05, 4.69) is 39.8 Å². The van der Waals surface area contributed by atoms with Gasteiger partial charge in [-0.05, 0) is 70.6 Å². The molecule has 5 heterocycles. The van der Waals surface area contributed by atoms with E-state index < -0.39 is 61.6 Å². The molecule has 11 heteroatoms. The van der Waals surface area contributed by atoms with Crippen LogP contribution in [0.25, 0.3) is 49.2 Å². The van der Waals surface area contributed by atoms with Gasteiger partial charge in [-0.25, -0.2) is 0 Å². The van der Waals surface area contributed by atoms with Gasteiger partial charge in [-0.2, -0.15) is 6.07 Å². The van der Waals surface area contributed by atoms with Crippen LogP contribution in [-0.4, -0.2) is 26.1 Å². The van der Waals surface area contributed by atoms with Crippen molar-refractivity contribution >= 4 is 81.4 Å². The van der Waals surface area contributed by atoms with E-state index in [0.29, 0.717) is 28.1 Å². The number of hydrogen-bond acceptors (Lipinski definition) is 6.